The summed E-state index contributed by atoms with van der Waals surface area (Å²) in [5, 5.41) is 3.42. The summed E-state index contributed by atoms with van der Waals surface area (Å²) in [7, 11) is 0. The Morgan fingerprint density at radius 1 is 1.04 bits per heavy atom. The Hall–Kier alpha value is -2.18. The average Bonchev–Trinajstić information content (AvgIpc) is 2.72. The number of rotatable bonds is 5. The monoisotopic (exact) mass is 390 g/mol. The molecule has 1 unspecified atom stereocenters. The van der Waals surface area contributed by atoms with Crippen LogP contribution < -0.4 is 19.7 Å². The van der Waals surface area contributed by atoms with Gasteiger partial charge in [0.05, 0.1) is 5.69 Å². The molecule has 1 fully saturated rings. The number of nitrogens with zero attached hydrogens (tertiary/aromatic N) is 3. The summed E-state index contributed by atoms with van der Waals surface area (Å²) in [6.07, 6.45) is 1.82. The molecule has 0 aliphatic carbocycles. The molecule has 4 rings (SSSR count). The number of aromatic nitrogens is 1. The molecular formula is C20H27ClN4O2. The molecule has 1 aromatic carbocycles. The van der Waals surface area contributed by atoms with Crippen molar-refractivity contribution in [3.63, 3.8) is 0 Å². The highest BCUT2D eigenvalue weighted by molar-refractivity contribution is 5.85. The van der Waals surface area contributed by atoms with E-state index in [4.69, 9.17) is 9.47 Å². The van der Waals surface area contributed by atoms with Gasteiger partial charge in [-0.25, -0.2) is 4.98 Å². The molecule has 1 aromatic heterocycles. The molecule has 2 aromatic rings. The number of pyridine rings is 1. The summed E-state index contributed by atoms with van der Waals surface area (Å²) >= 11 is 0. The van der Waals surface area contributed by atoms with E-state index in [9.17, 15) is 0 Å². The van der Waals surface area contributed by atoms with Crippen molar-refractivity contribution in [2.24, 2.45) is 0 Å². The van der Waals surface area contributed by atoms with Gasteiger partial charge in [-0.15, -0.1) is 12.4 Å². The van der Waals surface area contributed by atoms with Crippen molar-refractivity contribution < 1.29 is 9.47 Å². The lowest BCUT2D eigenvalue weighted by molar-refractivity contribution is 0.170. The van der Waals surface area contributed by atoms with E-state index in [0.29, 0.717) is 19.3 Å². The minimum atomic E-state index is 0. The van der Waals surface area contributed by atoms with Crippen molar-refractivity contribution in [3.8, 4) is 11.5 Å². The molecule has 7 heteroatoms. The van der Waals surface area contributed by atoms with Gasteiger partial charge in [-0.2, -0.15) is 0 Å². The average molecular weight is 391 g/mol. The van der Waals surface area contributed by atoms with Crippen molar-refractivity contribution in [2.75, 3.05) is 56.2 Å². The number of benzene rings is 1. The van der Waals surface area contributed by atoms with Crippen molar-refractivity contribution in [1.29, 1.82) is 0 Å². The fourth-order valence-corrected chi connectivity index (χ4v) is 3.56. The summed E-state index contributed by atoms with van der Waals surface area (Å²) in [5.74, 6) is 2.70. The van der Waals surface area contributed by atoms with Crippen molar-refractivity contribution >= 4 is 23.9 Å². The zero-order chi connectivity index (χ0) is 17.8. The summed E-state index contributed by atoms with van der Waals surface area (Å²) < 4.78 is 11.6. The Labute approximate surface area is 166 Å². The van der Waals surface area contributed by atoms with E-state index in [0.717, 1.165) is 55.7 Å². The van der Waals surface area contributed by atoms with Crippen LogP contribution in [0.3, 0.4) is 0 Å². The SMILES string of the molecule is CC(CNc1ccccn1)N1CCN(c2cccc3c2OCCO3)CC1.Cl. The fourth-order valence-electron chi connectivity index (χ4n) is 3.56. The van der Waals surface area contributed by atoms with Crippen LogP contribution >= 0.6 is 12.4 Å². The van der Waals surface area contributed by atoms with Gasteiger partial charge < -0.3 is 19.7 Å². The van der Waals surface area contributed by atoms with E-state index in [2.05, 4.69) is 39.2 Å². The zero-order valence-corrected chi connectivity index (χ0v) is 16.5. The van der Waals surface area contributed by atoms with Crippen LogP contribution in [-0.4, -0.2) is 61.9 Å². The van der Waals surface area contributed by atoms with Gasteiger partial charge in [0, 0.05) is 45.0 Å². The highest BCUT2D eigenvalue weighted by Gasteiger charge is 2.25. The Bertz CT molecular complexity index is 723. The number of hydrogen-bond acceptors (Lipinski definition) is 6. The summed E-state index contributed by atoms with van der Waals surface area (Å²) in [4.78, 5) is 9.26. The van der Waals surface area contributed by atoms with Gasteiger partial charge in [0.25, 0.3) is 0 Å². The van der Waals surface area contributed by atoms with Crippen LogP contribution in [0.5, 0.6) is 11.5 Å². The zero-order valence-electron chi connectivity index (χ0n) is 15.6. The second kappa shape index (κ2) is 9.15. The number of nitrogens with one attached hydrogen (secondary N) is 1. The number of fused-ring (bicyclic) bond motifs is 1. The van der Waals surface area contributed by atoms with Crippen LogP contribution in [0, 0.1) is 0 Å². The van der Waals surface area contributed by atoms with Crippen molar-refractivity contribution in [2.45, 2.75) is 13.0 Å². The van der Waals surface area contributed by atoms with E-state index in [1.165, 1.54) is 0 Å². The first-order chi connectivity index (χ1) is 12.8. The first-order valence-electron chi connectivity index (χ1n) is 9.34. The van der Waals surface area contributed by atoms with Crippen LogP contribution in [0.25, 0.3) is 0 Å². The summed E-state index contributed by atoms with van der Waals surface area (Å²) in [6, 6.07) is 12.6. The molecule has 2 aliphatic rings. The van der Waals surface area contributed by atoms with E-state index < -0.39 is 0 Å². The topological polar surface area (TPSA) is 49.9 Å². The normalized spacial score (nSPS) is 17.7. The Balaban J connectivity index is 0.00000210. The number of hydrogen-bond donors (Lipinski definition) is 1. The van der Waals surface area contributed by atoms with Crippen molar-refractivity contribution in [1.82, 2.24) is 9.88 Å². The molecule has 0 saturated carbocycles. The highest BCUT2D eigenvalue weighted by Crippen LogP contribution is 2.39. The van der Waals surface area contributed by atoms with Gasteiger partial charge in [-0.05, 0) is 31.2 Å². The van der Waals surface area contributed by atoms with Crippen molar-refractivity contribution in [3.05, 3.63) is 42.6 Å². The molecule has 0 amide bonds. The predicted molar refractivity (Wildman–Crippen MR) is 111 cm³/mol. The van der Waals surface area contributed by atoms with Gasteiger partial charge in [-0.3, -0.25) is 4.90 Å². The lowest BCUT2D eigenvalue weighted by Crippen LogP contribution is -2.51. The molecule has 3 heterocycles. The third-order valence-corrected chi connectivity index (χ3v) is 5.07. The van der Waals surface area contributed by atoms with E-state index in [1.807, 2.05) is 30.5 Å². The molecule has 0 spiro atoms. The summed E-state index contributed by atoms with van der Waals surface area (Å²) in [6.45, 7) is 8.49. The second-order valence-electron chi connectivity index (χ2n) is 6.77. The molecule has 6 nitrogen and oxygen atoms in total. The lowest BCUT2D eigenvalue weighted by Gasteiger charge is -2.40. The molecule has 1 saturated heterocycles. The molecule has 2 aliphatic heterocycles. The molecule has 0 radical (unpaired) electrons. The largest absolute Gasteiger partial charge is 0.486 e. The molecule has 27 heavy (non-hydrogen) atoms. The van der Waals surface area contributed by atoms with E-state index in [1.54, 1.807) is 0 Å². The van der Waals surface area contributed by atoms with Gasteiger partial charge in [-0.1, -0.05) is 12.1 Å². The van der Waals surface area contributed by atoms with Crippen LogP contribution in [0.2, 0.25) is 0 Å². The molecular weight excluding hydrogens is 364 g/mol. The smallest absolute Gasteiger partial charge is 0.184 e. The summed E-state index contributed by atoms with van der Waals surface area (Å²) in [5.41, 5.74) is 1.15. The van der Waals surface area contributed by atoms with Gasteiger partial charge in [0.15, 0.2) is 11.5 Å². The van der Waals surface area contributed by atoms with Crippen LogP contribution in [0.15, 0.2) is 42.6 Å². The maximum Gasteiger partial charge on any atom is 0.184 e. The second-order valence-corrected chi connectivity index (χ2v) is 6.77. The maximum atomic E-state index is 5.87. The van der Waals surface area contributed by atoms with Crippen LogP contribution in [0.4, 0.5) is 11.5 Å². The third-order valence-electron chi connectivity index (χ3n) is 5.07. The fraction of sp³-hybridized carbons (Fsp3) is 0.450. The lowest BCUT2D eigenvalue weighted by atomic mass is 10.2. The first kappa shape index (κ1) is 19.6. The minimum Gasteiger partial charge on any atom is -0.486 e. The Morgan fingerprint density at radius 2 is 1.85 bits per heavy atom. The number of piperazine rings is 1. The predicted octanol–water partition coefficient (Wildman–Crippen LogP) is 2.90. The highest BCUT2D eigenvalue weighted by atomic mass is 35.5. The molecule has 0 bridgehead atoms. The molecule has 1 N–H and O–H groups in total. The van der Waals surface area contributed by atoms with Gasteiger partial charge in [0.1, 0.15) is 19.0 Å². The van der Waals surface area contributed by atoms with Gasteiger partial charge >= 0.3 is 0 Å². The number of para-hydroxylation sites is 1. The maximum absolute atomic E-state index is 5.87. The quantitative estimate of drug-likeness (QED) is 0.847. The molecule has 146 valence electrons. The minimum absolute atomic E-state index is 0. The standard InChI is InChI=1S/C20H26N4O2.ClH/c1-16(15-22-19-7-2-3-8-21-19)23-9-11-24(12-10-23)17-5-4-6-18-20(17)26-14-13-25-18;/h2-8,16H,9-15H2,1H3,(H,21,22);1H. The van der Waals surface area contributed by atoms with Crippen LogP contribution in [0.1, 0.15) is 6.92 Å². The first-order valence-corrected chi connectivity index (χ1v) is 9.34. The Morgan fingerprint density at radius 3 is 2.63 bits per heavy atom. The Kier molecular flexibility index (Phi) is 6.63. The van der Waals surface area contributed by atoms with Crippen LogP contribution in [-0.2, 0) is 0 Å². The third kappa shape index (κ3) is 4.57. The molecule has 1 atom stereocenters. The van der Waals surface area contributed by atoms with E-state index in [-0.39, 0.29) is 12.4 Å². The number of anilines is 2. The van der Waals surface area contributed by atoms with Gasteiger partial charge in [0.2, 0.25) is 0 Å². The number of halogens is 1. The number of ether oxygens (including phenoxy) is 2. The van der Waals surface area contributed by atoms with E-state index >= 15 is 0 Å².